The molecule has 15 heavy (non-hydrogen) atoms. The van der Waals surface area contributed by atoms with E-state index in [9.17, 15) is 8.78 Å². The lowest BCUT2D eigenvalue weighted by atomic mass is 10.1. The summed E-state index contributed by atoms with van der Waals surface area (Å²) < 4.78 is 29.9. The number of ether oxygens (including phenoxy) is 1. The third kappa shape index (κ3) is 2.02. The molecular formula is C9H9F2N3O. The van der Waals surface area contributed by atoms with Crippen molar-refractivity contribution in [3.05, 3.63) is 23.0 Å². The molecule has 1 aromatic heterocycles. The summed E-state index contributed by atoms with van der Waals surface area (Å²) in [6.45, 7) is -0.125. The fourth-order valence-corrected chi connectivity index (χ4v) is 1.24. The second-order valence-corrected chi connectivity index (χ2v) is 2.69. The van der Waals surface area contributed by atoms with Crippen LogP contribution in [0.15, 0.2) is 6.20 Å². The zero-order valence-electron chi connectivity index (χ0n) is 8.00. The predicted molar refractivity (Wildman–Crippen MR) is 48.4 cm³/mol. The van der Waals surface area contributed by atoms with Crippen molar-refractivity contribution in [1.82, 2.24) is 4.98 Å². The Kier molecular flexibility index (Phi) is 3.52. The van der Waals surface area contributed by atoms with E-state index in [-0.39, 0.29) is 29.1 Å². The van der Waals surface area contributed by atoms with Crippen LogP contribution in [0.1, 0.15) is 23.2 Å². The Morgan fingerprint density at radius 1 is 1.67 bits per heavy atom. The van der Waals surface area contributed by atoms with Crippen molar-refractivity contribution in [2.45, 2.75) is 13.0 Å². The summed E-state index contributed by atoms with van der Waals surface area (Å²) in [6.07, 6.45) is -1.73. The van der Waals surface area contributed by atoms with E-state index in [1.807, 2.05) is 0 Å². The summed E-state index contributed by atoms with van der Waals surface area (Å²) in [5.74, 6) is 0.0257. The average molecular weight is 213 g/mol. The molecule has 0 saturated carbocycles. The number of aromatic nitrogens is 1. The van der Waals surface area contributed by atoms with E-state index >= 15 is 0 Å². The molecule has 0 aliphatic rings. The maximum absolute atomic E-state index is 12.5. The molecule has 0 amide bonds. The molecule has 0 unspecified atom stereocenters. The Morgan fingerprint density at radius 3 is 2.73 bits per heavy atom. The van der Waals surface area contributed by atoms with E-state index in [4.69, 9.17) is 15.7 Å². The van der Waals surface area contributed by atoms with Gasteiger partial charge in [0.05, 0.1) is 7.11 Å². The van der Waals surface area contributed by atoms with Gasteiger partial charge in [-0.3, -0.25) is 0 Å². The minimum atomic E-state index is -2.68. The second kappa shape index (κ2) is 4.66. The lowest BCUT2D eigenvalue weighted by molar-refractivity contribution is 0.149. The van der Waals surface area contributed by atoms with Crippen LogP contribution in [0.2, 0.25) is 0 Å². The summed E-state index contributed by atoms with van der Waals surface area (Å²) in [6, 6.07) is 1.75. The van der Waals surface area contributed by atoms with Crippen LogP contribution in [-0.4, -0.2) is 12.1 Å². The highest BCUT2D eigenvalue weighted by molar-refractivity contribution is 5.47. The van der Waals surface area contributed by atoms with Gasteiger partial charge >= 0.3 is 0 Å². The Labute approximate surface area is 85.3 Å². The van der Waals surface area contributed by atoms with Crippen LogP contribution >= 0.6 is 0 Å². The van der Waals surface area contributed by atoms with E-state index < -0.39 is 6.43 Å². The Balaban J connectivity index is 3.42. The van der Waals surface area contributed by atoms with Crippen molar-refractivity contribution in [3.63, 3.8) is 0 Å². The number of halogens is 2. The maximum Gasteiger partial charge on any atom is 0.265 e. The Hall–Kier alpha value is -1.74. The number of alkyl halides is 2. The maximum atomic E-state index is 12.5. The summed E-state index contributed by atoms with van der Waals surface area (Å²) >= 11 is 0. The first-order valence-corrected chi connectivity index (χ1v) is 4.09. The highest BCUT2D eigenvalue weighted by Gasteiger charge is 2.19. The molecule has 0 saturated heterocycles. The van der Waals surface area contributed by atoms with Crippen molar-refractivity contribution < 1.29 is 13.5 Å². The molecular weight excluding hydrogens is 204 g/mol. The quantitative estimate of drug-likeness (QED) is 0.822. The monoisotopic (exact) mass is 213 g/mol. The van der Waals surface area contributed by atoms with Crippen molar-refractivity contribution in [3.8, 4) is 11.8 Å². The van der Waals surface area contributed by atoms with Gasteiger partial charge in [-0.25, -0.2) is 13.8 Å². The fourth-order valence-electron chi connectivity index (χ4n) is 1.24. The van der Waals surface area contributed by atoms with Crippen LogP contribution in [-0.2, 0) is 6.54 Å². The van der Waals surface area contributed by atoms with Crippen LogP contribution in [0, 0.1) is 11.3 Å². The number of hydrogen-bond donors (Lipinski definition) is 1. The van der Waals surface area contributed by atoms with Gasteiger partial charge in [0.15, 0.2) is 11.4 Å². The molecule has 4 nitrogen and oxygen atoms in total. The number of nitrogens with zero attached hydrogens (tertiary/aromatic N) is 2. The zero-order chi connectivity index (χ0) is 11.4. The third-order valence-corrected chi connectivity index (χ3v) is 1.92. The third-order valence-electron chi connectivity index (χ3n) is 1.92. The molecule has 0 aliphatic carbocycles. The molecule has 80 valence electrons. The Morgan fingerprint density at radius 2 is 2.33 bits per heavy atom. The van der Waals surface area contributed by atoms with Gasteiger partial charge in [-0.05, 0) is 0 Å². The fraction of sp³-hybridized carbons (Fsp3) is 0.333. The van der Waals surface area contributed by atoms with Gasteiger partial charge < -0.3 is 10.5 Å². The molecule has 0 bridgehead atoms. The molecule has 0 atom stereocenters. The molecule has 0 radical (unpaired) electrons. The minimum absolute atomic E-state index is 0.0257. The van der Waals surface area contributed by atoms with Crippen LogP contribution in [0.3, 0.4) is 0 Å². The van der Waals surface area contributed by atoms with Gasteiger partial charge in [-0.1, -0.05) is 0 Å². The molecule has 1 aromatic rings. The van der Waals surface area contributed by atoms with Crippen LogP contribution < -0.4 is 10.5 Å². The summed E-state index contributed by atoms with van der Waals surface area (Å²) in [4.78, 5) is 3.58. The standard InChI is InChI=1S/C9H9F2N3O/c1-15-8-5(2-12)6(9(10)11)4-14-7(8)3-13/h4,9H,2,12H2,1H3. The molecule has 0 spiro atoms. The van der Waals surface area contributed by atoms with Crippen molar-refractivity contribution >= 4 is 0 Å². The van der Waals surface area contributed by atoms with Crippen LogP contribution in [0.5, 0.6) is 5.75 Å². The summed E-state index contributed by atoms with van der Waals surface area (Å²) in [7, 11) is 1.28. The van der Waals surface area contributed by atoms with Crippen molar-refractivity contribution in [1.29, 1.82) is 5.26 Å². The van der Waals surface area contributed by atoms with Gasteiger partial charge in [0, 0.05) is 23.9 Å². The van der Waals surface area contributed by atoms with Crippen LogP contribution in [0.4, 0.5) is 8.78 Å². The van der Waals surface area contributed by atoms with E-state index in [0.717, 1.165) is 6.20 Å². The number of rotatable bonds is 3. The number of nitrogens with two attached hydrogens (primary N) is 1. The zero-order valence-corrected chi connectivity index (χ0v) is 8.00. The largest absolute Gasteiger partial charge is 0.493 e. The molecule has 6 heteroatoms. The molecule has 1 rings (SSSR count). The lowest BCUT2D eigenvalue weighted by Gasteiger charge is -2.12. The van der Waals surface area contributed by atoms with Crippen molar-refractivity contribution in [2.24, 2.45) is 5.73 Å². The normalized spacial score (nSPS) is 10.1. The van der Waals surface area contributed by atoms with E-state index in [0.29, 0.717) is 0 Å². The molecule has 0 aromatic carbocycles. The second-order valence-electron chi connectivity index (χ2n) is 2.69. The number of pyridine rings is 1. The SMILES string of the molecule is COc1c(C#N)ncc(C(F)F)c1CN. The topological polar surface area (TPSA) is 71.9 Å². The van der Waals surface area contributed by atoms with Gasteiger partial charge in [-0.15, -0.1) is 0 Å². The molecule has 0 fully saturated rings. The van der Waals surface area contributed by atoms with Crippen LogP contribution in [0.25, 0.3) is 0 Å². The van der Waals surface area contributed by atoms with Gasteiger partial charge in [0.25, 0.3) is 6.43 Å². The van der Waals surface area contributed by atoms with E-state index in [2.05, 4.69) is 4.98 Å². The highest BCUT2D eigenvalue weighted by Crippen LogP contribution is 2.30. The van der Waals surface area contributed by atoms with Gasteiger partial charge in [0.1, 0.15) is 6.07 Å². The number of hydrogen-bond acceptors (Lipinski definition) is 4. The molecule has 2 N–H and O–H groups in total. The smallest absolute Gasteiger partial charge is 0.265 e. The first-order chi connectivity index (χ1) is 7.15. The van der Waals surface area contributed by atoms with E-state index in [1.54, 1.807) is 6.07 Å². The van der Waals surface area contributed by atoms with Gasteiger partial charge in [-0.2, -0.15) is 5.26 Å². The van der Waals surface area contributed by atoms with Crippen molar-refractivity contribution in [2.75, 3.05) is 7.11 Å². The molecule has 1 heterocycles. The first-order valence-electron chi connectivity index (χ1n) is 4.09. The molecule has 0 aliphatic heterocycles. The van der Waals surface area contributed by atoms with Gasteiger partial charge in [0.2, 0.25) is 0 Å². The summed E-state index contributed by atoms with van der Waals surface area (Å²) in [5.41, 5.74) is 5.12. The summed E-state index contributed by atoms with van der Waals surface area (Å²) in [5, 5.41) is 8.68. The minimum Gasteiger partial charge on any atom is -0.493 e. The highest BCUT2D eigenvalue weighted by atomic mass is 19.3. The lowest BCUT2D eigenvalue weighted by Crippen LogP contribution is -2.07. The van der Waals surface area contributed by atoms with E-state index in [1.165, 1.54) is 7.11 Å². The predicted octanol–water partition coefficient (Wildman–Crippen LogP) is 1.36. The Bertz CT molecular complexity index is 401. The first kappa shape index (κ1) is 11.3. The number of methoxy groups -OCH3 is 1. The number of nitriles is 1. The average Bonchev–Trinajstić information content (AvgIpc) is 2.26.